The summed E-state index contributed by atoms with van der Waals surface area (Å²) in [7, 11) is 0. The van der Waals surface area contributed by atoms with E-state index in [1.54, 1.807) is 0 Å². The van der Waals surface area contributed by atoms with E-state index in [0.29, 0.717) is 28.6 Å². The van der Waals surface area contributed by atoms with E-state index in [-0.39, 0.29) is 0 Å². The summed E-state index contributed by atoms with van der Waals surface area (Å²) < 4.78 is 31.3. The van der Waals surface area contributed by atoms with E-state index in [1.165, 1.54) is 12.1 Å². The predicted octanol–water partition coefficient (Wildman–Crippen LogP) is 10.2. The number of hydrogen-bond donors (Lipinski definition) is 0. The zero-order valence-corrected chi connectivity index (χ0v) is 24.8. The Morgan fingerprint density at radius 1 is 0.478 bits per heavy atom. The first kappa shape index (κ1) is 27.5. The SMILES string of the molecule is Cc1ccc2c3ccccc3n(-c3cc(-c4ccc(F)cc4F)ccc3-c3nc(-c4ccccc4)nc(-c4ccccc4)n3)c2c1. The Labute approximate surface area is 264 Å². The Kier molecular flexibility index (Phi) is 6.68. The van der Waals surface area contributed by atoms with Crippen molar-refractivity contribution in [2.75, 3.05) is 0 Å². The van der Waals surface area contributed by atoms with E-state index in [1.807, 2.05) is 91.0 Å². The summed E-state index contributed by atoms with van der Waals surface area (Å²) in [6.07, 6.45) is 0. The molecule has 0 aliphatic heterocycles. The highest BCUT2D eigenvalue weighted by Crippen LogP contribution is 2.39. The van der Waals surface area contributed by atoms with Crippen molar-refractivity contribution in [2.24, 2.45) is 0 Å². The normalized spacial score (nSPS) is 11.4. The Balaban J connectivity index is 1.46. The van der Waals surface area contributed by atoms with Crippen LogP contribution in [-0.4, -0.2) is 19.5 Å². The molecule has 0 amide bonds. The molecule has 220 valence electrons. The fraction of sp³-hybridized carbons (Fsp3) is 0.0250. The third-order valence-electron chi connectivity index (χ3n) is 8.25. The van der Waals surface area contributed by atoms with Gasteiger partial charge in [-0.3, -0.25) is 0 Å². The van der Waals surface area contributed by atoms with E-state index >= 15 is 4.39 Å². The van der Waals surface area contributed by atoms with Crippen molar-refractivity contribution in [1.82, 2.24) is 19.5 Å². The predicted molar refractivity (Wildman–Crippen MR) is 181 cm³/mol. The summed E-state index contributed by atoms with van der Waals surface area (Å²) in [5.41, 5.74) is 7.24. The molecule has 0 saturated carbocycles. The van der Waals surface area contributed by atoms with Gasteiger partial charge in [0.25, 0.3) is 0 Å². The van der Waals surface area contributed by atoms with Gasteiger partial charge in [0.2, 0.25) is 0 Å². The van der Waals surface area contributed by atoms with Gasteiger partial charge in [-0.1, -0.05) is 97.1 Å². The van der Waals surface area contributed by atoms with Crippen LogP contribution in [0.25, 0.3) is 72.8 Å². The second-order valence-electron chi connectivity index (χ2n) is 11.3. The molecule has 8 rings (SSSR count). The van der Waals surface area contributed by atoms with E-state index < -0.39 is 11.6 Å². The minimum atomic E-state index is -0.630. The van der Waals surface area contributed by atoms with Crippen LogP contribution < -0.4 is 0 Å². The maximum atomic E-state index is 15.2. The summed E-state index contributed by atoms with van der Waals surface area (Å²) in [6.45, 7) is 2.07. The van der Waals surface area contributed by atoms with Crippen molar-refractivity contribution in [3.63, 3.8) is 0 Å². The van der Waals surface area contributed by atoms with Gasteiger partial charge >= 0.3 is 0 Å². The van der Waals surface area contributed by atoms with Gasteiger partial charge in [-0.2, -0.15) is 0 Å². The van der Waals surface area contributed by atoms with Crippen molar-refractivity contribution < 1.29 is 8.78 Å². The number of hydrogen-bond acceptors (Lipinski definition) is 3. The highest BCUT2D eigenvalue weighted by atomic mass is 19.1. The van der Waals surface area contributed by atoms with Gasteiger partial charge in [0, 0.05) is 39.1 Å². The van der Waals surface area contributed by atoms with Gasteiger partial charge in [-0.15, -0.1) is 0 Å². The Morgan fingerprint density at radius 2 is 1.09 bits per heavy atom. The number of rotatable bonds is 5. The lowest BCUT2D eigenvalue weighted by Crippen LogP contribution is -2.04. The van der Waals surface area contributed by atoms with E-state index in [4.69, 9.17) is 15.0 Å². The minimum absolute atomic E-state index is 0.303. The molecule has 6 heteroatoms. The second kappa shape index (κ2) is 11.2. The van der Waals surface area contributed by atoms with Gasteiger partial charge in [0.05, 0.1) is 16.7 Å². The molecule has 0 aliphatic carbocycles. The average molecular weight is 601 g/mol. The topological polar surface area (TPSA) is 43.6 Å². The lowest BCUT2D eigenvalue weighted by atomic mass is 10.0. The van der Waals surface area contributed by atoms with Gasteiger partial charge < -0.3 is 4.57 Å². The van der Waals surface area contributed by atoms with Crippen LogP contribution in [0.5, 0.6) is 0 Å². The number of halogens is 2. The molecular formula is C40H26F2N4. The first-order chi connectivity index (χ1) is 22.5. The Hall–Kier alpha value is -6.01. The molecule has 0 unspecified atom stereocenters. The number of para-hydroxylation sites is 1. The monoisotopic (exact) mass is 600 g/mol. The number of benzene rings is 6. The molecule has 2 aromatic heterocycles. The molecule has 0 spiro atoms. The third kappa shape index (κ3) is 4.81. The molecule has 0 N–H and O–H groups in total. The Morgan fingerprint density at radius 3 is 1.78 bits per heavy atom. The lowest BCUT2D eigenvalue weighted by Gasteiger charge is -2.17. The van der Waals surface area contributed by atoms with Crippen LogP contribution in [0.15, 0.2) is 140 Å². The number of nitrogens with zero attached hydrogens (tertiary/aromatic N) is 4. The summed E-state index contributed by atoms with van der Waals surface area (Å²) in [5.74, 6) is 0.314. The van der Waals surface area contributed by atoms with Crippen LogP contribution in [0.2, 0.25) is 0 Å². The zero-order chi connectivity index (χ0) is 31.2. The molecule has 6 aromatic carbocycles. The summed E-state index contributed by atoms with van der Waals surface area (Å²) >= 11 is 0. The zero-order valence-electron chi connectivity index (χ0n) is 24.8. The molecule has 2 heterocycles. The lowest BCUT2D eigenvalue weighted by molar-refractivity contribution is 0.585. The molecule has 4 nitrogen and oxygen atoms in total. The molecular weight excluding hydrogens is 574 g/mol. The van der Waals surface area contributed by atoms with E-state index in [2.05, 4.69) is 41.8 Å². The molecule has 0 radical (unpaired) electrons. The summed E-state index contributed by atoms with van der Waals surface area (Å²) in [6, 6.07) is 43.6. The fourth-order valence-corrected chi connectivity index (χ4v) is 6.07. The second-order valence-corrected chi connectivity index (χ2v) is 11.3. The maximum absolute atomic E-state index is 15.2. The number of aryl methyl sites for hydroxylation is 1. The van der Waals surface area contributed by atoms with Gasteiger partial charge in [0.15, 0.2) is 17.5 Å². The largest absolute Gasteiger partial charge is 0.308 e. The third-order valence-corrected chi connectivity index (χ3v) is 8.25. The van der Waals surface area contributed by atoms with Crippen molar-refractivity contribution in [3.05, 3.63) is 157 Å². The maximum Gasteiger partial charge on any atom is 0.166 e. The van der Waals surface area contributed by atoms with Crippen molar-refractivity contribution in [3.8, 4) is 51.0 Å². The molecule has 46 heavy (non-hydrogen) atoms. The first-order valence-corrected chi connectivity index (χ1v) is 15.0. The fourth-order valence-electron chi connectivity index (χ4n) is 6.07. The molecule has 8 aromatic rings. The average Bonchev–Trinajstić information content (AvgIpc) is 3.42. The van der Waals surface area contributed by atoms with Crippen molar-refractivity contribution >= 4 is 21.8 Å². The van der Waals surface area contributed by atoms with E-state index in [0.717, 1.165) is 55.8 Å². The summed E-state index contributed by atoms with van der Waals surface area (Å²) in [4.78, 5) is 14.9. The van der Waals surface area contributed by atoms with Crippen LogP contribution in [0.3, 0.4) is 0 Å². The Bertz CT molecular complexity index is 2340. The van der Waals surface area contributed by atoms with Crippen LogP contribution in [0.4, 0.5) is 8.78 Å². The molecule has 0 atom stereocenters. The van der Waals surface area contributed by atoms with E-state index in [9.17, 15) is 4.39 Å². The quantitative estimate of drug-likeness (QED) is 0.197. The van der Waals surface area contributed by atoms with Crippen molar-refractivity contribution in [2.45, 2.75) is 6.92 Å². The van der Waals surface area contributed by atoms with Gasteiger partial charge in [-0.05, 0) is 54.4 Å². The molecule has 0 fully saturated rings. The smallest absolute Gasteiger partial charge is 0.166 e. The van der Waals surface area contributed by atoms with Crippen LogP contribution >= 0.6 is 0 Å². The molecule has 0 aliphatic rings. The van der Waals surface area contributed by atoms with Crippen LogP contribution in [0.1, 0.15) is 5.56 Å². The number of aromatic nitrogens is 4. The number of fused-ring (bicyclic) bond motifs is 3. The minimum Gasteiger partial charge on any atom is -0.308 e. The standard InChI is InChI=1S/C40H26F2N4/c1-25-16-19-32-31-14-8-9-15-35(31)46(36(32)22-25)37-23-28(30-21-18-29(41)24-34(30)42)17-20-33(37)40-44-38(26-10-4-2-5-11-26)43-39(45-40)27-12-6-3-7-13-27/h2-24H,1H3. The summed E-state index contributed by atoms with van der Waals surface area (Å²) in [5, 5.41) is 2.18. The highest BCUT2D eigenvalue weighted by molar-refractivity contribution is 6.10. The molecule has 0 bridgehead atoms. The van der Waals surface area contributed by atoms with Gasteiger partial charge in [0.1, 0.15) is 11.6 Å². The van der Waals surface area contributed by atoms with Crippen LogP contribution in [0, 0.1) is 18.6 Å². The van der Waals surface area contributed by atoms with Crippen LogP contribution in [-0.2, 0) is 0 Å². The first-order valence-electron chi connectivity index (χ1n) is 15.0. The van der Waals surface area contributed by atoms with Crippen molar-refractivity contribution in [1.29, 1.82) is 0 Å². The highest BCUT2D eigenvalue weighted by Gasteiger charge is 2.21. The van der Waals surface area contributed by atoms with Gasteiger partial charge in [-0.25, -0.2) is 23.7 Å². The molecule has 0 saturated heterocycles.